The van der Waals surface area contributed by atoms with Gasteiger partial charge in [0.05, 0.1) is 13.2 Å². The monoisotopic (exact) mass is 338 g/mol. The molecule has 1 atom stereocenters. The van der Waals surface area contributed by atoms with Crippen LogP contribution < -0.4 is 0 Å². The van der Waals surface area contributed by atoms with Crippen molar-refractivity contribution in [1.29, 1.82) is 0 Å². The number of halogens is 4. The van der Waals surface area contributed by atoms with Crippen LogP contribution in [-0.2, 0) is 9.47 Å². The quantitative estimate of drug-likeness (QED) is 0.719. The zero-order valence-electron chi connectivity index (χ0n) is 8.44. The molecule has 0 aromatic heterocycles. The molecule has 1 unspecified atom stereocenters. The summed E-state index contributed by atoms with van der Waals surface area (Å²) >= 11 is 20.6. The van der Waals surface area contributed by atoms with Crippen LogP contribution in [0.3, 0.4) is 0 Å². The molecule has 2 nitrogen and oxygen atoms in total. The van der Waals surface area contributed by atoms with Crippen LogP contribution in [0, 0.1) is 0 Å². The van der Waals surface area contributed by atoms with Gasteiger partial charge in [-0.2, -0.15) is 0 Å². The minimum Gasteiger partial charge on any atom is -0.348 e. The van der Waals surface area contributed by atoms with Gasteiger partial charge in [-0.05, 0) is 19.8 Å². The lowest BCUT2D eigenvalue weighted by atomic mass is 10.1. The molecule has 1 rings (SSSR count). The van der Waals surface area contributed by atoms with Crippen LogP contribution in [0.5, 0.6) is 0 Å². The van der Waals surface area contributed by atoms with Gasteiger partial charge in [0.2, 0.25) is 0 Å². The largest absolute Gasteiger partial charge is 0.348 e. The van der Waals surface area contributed by atoms with E-state index in [0.717, 1.165) is 12.8 Å². The predicted molar refractivity (Wildman–Crippen MR) is 67.2 cm³/mol. The van der Waals surface area contributed by atoms with Crippen LogP contribution in [0.25, 0.3) is 0 Å². The highest BCUT2D eigenvalue weighted by Crippen LogP contribution is 2.35. The molecule has 0 aromatic rings. The minimum atomic E-state index is -1.18. The Morgan fingerprint density at radius 3 is 2.33 bits per heavy atom. The second-order valence-electron chi connectivity index (χ2n) is 3.79. The maximum Gasteiger partial charge on any atom is 0.190 e. The summed E-state index contributed by atoms with van der Waals surface area (Å²) < 4.78 is 9.81. The molecule has 1 fully saturated rings. The van der Waals surface area contributed by atoms with Crippen molar-refractivity contribution < 1.29 is 9.47 Å². The van der Waals surface area contributed by atoms with Gasteiger partial charge < -0.3 is 9.47 Å². The van der Waals surface area contributed by atoms with E-state index < -0.39 is 9.58 Å². The fraction of sp³-hybridized carbons (Fsp3) is 1.00. The van der Waals surface area contributed by atoms with E-state index in [9.17, 15) is 0 Å². The molecule has 0 saturated carbocycles. The van der Waals surface area contributed by atoms with Crippen LogP contribution in [0.2, 0.25) is 0 Å². The number of hydrogen-bond donors (Lipinski definition) is 0. The molecule has 0 N–H and O–H groups in total. The maximum absolute atomic E-state index is 5.68. The Kier molecular flexibility index (Phi) is 5.49. The Balaban J connectivity index is 2.26. The molecule has 0 spiro atoms. The first-order valence-corrected chi connectivity index (χ1v) is 6.84. The third-order valence-corrected chi connectivity index (χ3v) is 3.58. The third-order valence-electron chi connectivity index (χ3n) is 2.23. The third kappa shape index (κ3) is 5.94. The van der Waals surface area contributed by atoms with Gasteiger partial charge in [-0.1, -0.05) is 50.7 Å². The van der Waals surface area contributed by atoms with Crippen molar-refractivity contribution in [3.63, 3.8) is 0 Å². The van der Waals surface area contributed by atoms with Crippen LogP contribution in [-0.4, -0.2) is 27.6 Å². The van der Waals surface area contributed by atoms with E-state index in [1.54, 1.807) is 0 Å². The molecule has 1 aliphatic rings. The smallest absolute Gasteiger partial charge is 0.190 e. The van der Waals surface area contributed by atoms with E-state index in [0.29, 0.717) is 19.6 Å². The fourth-order valence-electron chi connectivity index (χ4n) is 1.50. The van der Waals surface area contributed by atoms with Gasteiger partial charge in [-0.25, -0.2) is 0 Å². The molecule has 0 radical (unpaired) electrons. The van der Waals surface area contributed by atoms with Gasteiger partial charge in [0.15, 0.2) is 9.58 Å². The van der Waals surface area contributed by atoms with Gasteiger partial charge >= 0.3 is 0 Å². The number of hydrogen-bond acceptors (Lipinski definition) is 2. The van der Waals surface area contributed by atoms with E-state index in [-0.39, 0.29) is 4.83 Å². The van der Waals surface area contributed by atoms with Crippen LogP contribution >= 0.6 is 50.7 Å². The lowest BCUT2D eigenvalue weighted by Gasteiger charge is -2.25. The normalized spacial score (nSPS) is 23.0. The molecular weight excluding hydrogens is 326 g/mol. The molecule has 1 aliphatic heterocycles. The van der Waals surface area contributed by atoms with Crippen molar-refractivity contribution in [2.45, 2.75) is 40.6 Å². The molecule has 1 saturated heterocycles. The zero-order chi connectivity index (χ0) is 11.5. The summed E-state index contributed by atoms with van der Waals surface area (Å²) in [5.41, 5.74) is 0. The Morgan fingerprint density at radius 1 is 1.33 bits per heavy atom. The van der Waals surface area contributed by atoms with Crippen molar-refractivity contribution in [2.75, 3.05) is 13.2 Å². The summed E-state index contributed by atoms with van der Waals surface area (Å²) in [6, 6.07) is 0. The van der Waals surface area contributed by atoms with Crippen molar-refractivity contribution in [2.24, 2.45) is 0 Å². The molecule has 0 aromatic carbocycles. The summed E-state index contributed by atoms with van der Waals surface area (Å²) in [4.78, 5) is 0.233. The highest BCUT2D eigenvalue weighted by Gasteiger charge is 2.33. The average molecular weight is 340 g/mol. The molecule has 0 amide bonds. The maximum atomic E-state index is 5.68. The Labute approximate surface area is 114 Å². The van der Waals surface area contributed by atoms with Crippen LogP contribution in [0.15, 0.2) is 0 Å². The first-order chi connectivity index (χ1) is 6.81. The van der Waals surface area contributed by atoms with E-state index in [4.69, 9.17) is 44.3 Å². The van der Waals surface area contributed by atoms with Gasteiger partial charge in [-0.3, -0.25) is 0 Å². The van der Waals surface area contributed by atoms with E-state index in [2.05, 4.69) is 15.9 Å². The van der Waals surface area contributed by atoms with Crippen molar-refractivity contribution in [3.8, 4) is 0 Å². The van der Waals surface area contributed by atoms with Gasteiger partial charge in [0, 0.05) is 11.2 Å². The van der Waals surface area contributed by atoms with Gasteiger partial charge in [0.25, 0.3) is 0 Å². The Bertz CT molecular complexity index is 202. The van der Waals surface area contributed by atoms with Gasteiger partial charge in [-0.15, -0.1) is 0 Å². The minimum absolute atomic E-state index is 0.233. The second-order valence-corrected chi connectivity index (χ2v) is 7.60. The van der Waals surface area contributed by atoms with Crippen LogP contribution in [0.4, 0.5) is 0 Å². The summed E-state index contributed by atoms with van der Waals surface area (Å²) in [5, 5.41) is 0. The van der Waals surface area contributed by atoms with Crippen molar-refractivity contribution in [3.05, 3.63) is 0 Å². The molecular formula is C9H14BrCl3O2. The molecule has 15 heavy (non-hydrogen) atoms. The summed E-state index contributed by atoms with van der Waals surface area (Å²) in [5.74, 6) is -0.484. The van der Waals surface area contributed by atoms with E-state index >= 15 is 0 Å². The highest BCUT2D eigenvalue weighted by atomic mass is 79.9. The van der Waals surface area contributed by atoms with E-state index in [1.807, 2.05) is 6.92 Å². The second kappa shape index (κ2) is 5.74. The highest BCUT2D eigenvalue weighted by molar-refractivity contribution is 9.09. The summed E-state index contributed by atoms with van der Waals surface area (Å²) in [6.07, 6.45) is 2.05. The topological polar surface area (TPSA) is 18.5 Å². The summed E-state index contributed by atoms with van der Waals surface area (Å²) in [7, 11) is 0. The zero-order valence-corrected chi connectivity index (χ0v) is 12.3. The Morgan fingerprint density at radius 2 is 1.87 bits per heavy atom. The van der Waals surface area contributed by atoms with Crippen molar-refractivity contribution in [1.82, 2.24) is 0 Å². The average Bonchev–Trinajstić information content (AvgIpc) is 2.47. The van der Waals surface area contributed by atoms with Crippen molar-refractivity contribution >= 4 is 50.7 Å². The molecule has 6 heteroatoms. The van der Waals surface area contributed by atoms with E-state index in [1.165, 1.54) is 0 Å². The molecule has 90 valence electrons. The fourth-order valence-corrected chi connectivity index (χ4v) is 2.64. The lowest BCUT2D eigenvalue weighted by Crippen LogP contribution is -2.29. The first kappa shape index (κ1) is 14.3. The SMILES string of the molecule is CC1(CC(Br)CCC(Cl)(Cl)Cl)OCCO1. The molecule has 0 bridgehead atoms. The molecule has 0 aliphatic carbocycles. The number of rotatable bonds is 4. The summed E-state index contributed by atoms with van der Waals surface area (Å²) in [6.45, 7) is 3.24. The predicted octanol–water partition coefficient (Wildman–Crippen LogP) is 4.05. The lowest BCUT2D eigenvalue weighted by molar-refractivity contribution is -0.146. The Hall–Kier alpha value is 1.27. The standard InChI is InChI=1S/C9H14BrCl3O2/c1-8(14-4-5-15-8)6-7(10)2-3-9(11,12)13/h7H,2-6H2,1H3. The number of alkyl halides is 4. The van der Waals surface area contributed by atoms with Gasteiger partial charge in [0.1, 0.15) is 0 Å². The number of ether oxygens (including phenoxy) is 2. The van der Waals surface area contributed by atoms with Crippen LogP contribution in [0.1, 0.15) is 26.2 Å². The molecule has 1 heterocycles. The first-order valence-electron chi connectivity index (χ1n) is 4.79.